The van der Waals surface area contributed by atoms with E-state index in [-0.39, 0.29) is 11.8 Å². The molecule has 1 aromatic rings. The number of carbonyl (C=O) groups is 2. The van der Waals surface area contributed by atoms with Crippen molar-refractivity contribution in [2.75, 3.05) is 52.9 Å². The van der Waals surface area contributed by atoms with Crippen LogP contribution in [0.2, 0.25) is 0 Å². The maximum atomic E-state index is 13.3. The van der Waals surface area contributed by atoms with Gasteiger partial charge in [-0.15, -0.1) is 0 Å². The fraction of sp³-hybridized carbons (Fsp3) is 0.667. The standard InChI is InChI=1S/C24H42N4O2/c1-8-26(7)14-16-28(17-15-27(9-2)10-3)22(29)21-13-11-12-20(18-21)19-25-23(30)24(4,5)6/h11-13,18H,8-10,14-17,19H2,1-7H3,(H,25,30). The Labute approximate surface area is 183 Å². The SMILES string of the molecule is CCN(C)CCN(CCN(CC)CC)C(=O)c1cccc(CNC(=O)C(C)(C)C)c1. The normalized spacial score (nSPS) is 11.8. The average Bonchev–Trinajstić information content (AvgIpc) is 2.73. The van der Waals surface area contributed by atoms with Crippen molar-refractivity contribution in [2.24, 2.45) is 5.41 Å². The summed E-state index contributed by atoms with van der Waals surface area (Å²) in [5.74, 6) is 0.0540. The Bertz CT molecular complexity index is 665. The second-order valence-corrected chi connectivity index (χ2v) is 8.85. The first-order valence-electron chi connectivity index (χ1n) is 11.2. The zero-order chi connectivity index (χ0) is 22.7. The van der Waals surface area contributed by atoms with Crippen molar-refractivity contribution in [3.05, 3.63) is 35.4 Å². The predicted octanol–water partition coefficient (Wildman–Crippen LogP) is 3.08. The van der Waals surface area contributed by atoms with Crippen molar-refractivity contribution < 1.29 is 9.59 Å². The van der Waals surface area contributed by atoms with Gasteiger partial charge in [-0.1, -0.05) is 53.7 Å². The zero-order valence-electron chi connectivity index (χ0n) is 20.1. The van der Waals surface area contributed by atoms with Crippen LogP contribution in [0.4, 0.5) is 0 Å². The quantitative estimate of drug-likeness (QED) is 0.567. The lowest BCUT2D eigenvalue weighted by atomic mass is 9.95. The van der Waals surface area contributed by atoms with E-state index in [1.54, 1.807) is 0 Å². The topological polar surface area (TPSA) is 55.9 Å². The number of nitrogens with zero attached hydrogens (tertiary/aromatic N) is 3. The van der Waals surface area contributed by atoms with Crippen LogP contribution in [0.5, 0.6) is 0 Å². The molecule has 1 aromatic carbocycles. The molecule has 1 N–H and O–H groups in total. The van der Waals surface area contributed by atoms with Crippen LogP contribution >= 0.6 is 0 Å². The van der Waals surface area contributed by atoms with Crippen LogP contribution in [0.25, 0.3) is 0 Å². The van der Waals surface area contributed by atoms with Gasteiger partial charge in [0.15, 0.2) is 0 Å². The van der Waals surface area contributed by atoms with Crippen molar-refractivity contribution in [1.29, 1.82) is 0 Å². The highest BCUT2D eigenvalue weighted by Crippen LogP contribution is 2.14. The zero-order valence-corrected chi connectivity index (χ0v) is 20.1. The summed E-state index contributed by atoms with van der Waals surface area (Å²) in [5.41, 5.74) is 1.18. The molecule has 0 bridgehead atoms. The maximum Gasteiger partial charge on any atom is 0.253 e. The van der Waals surface area contributed by atoms with Crippen LogP contribution in [-0.4, -0.2) is 79.4 Å². The fourth-order valence-corrected chi connectivity index (χ4v) is 3.01. The lowest BCUT2D eigenvalue weighted by molar-refractivity contribution is -0.128. The summed E-state index contributed by atoms with van der Waals surface area (Å²) < 4.78 is 0. The van der Waals surface area contributed by atoms with Crippen LogP contribution < -0.4 is 5.32 Å². The van der Waals surface area contributed by atoms with Crippen LogP contribution in [-0.2, 0) is 11.3 Å². The molecular formula is C24H42N4O2. The van der Waals surface area contributed by atoms with E-state index in [0.29, 0.717) is 25.2 Å². The van der Waals surface area contributed by atoms with Crippen molar-refractivity contribution in [1.82, 2.24) is 20.0 Å². The number of carbonyl (C=O) groups excluding carboxylic acids is 2. The molecule has 0 radical (unpaired) electrons. The summed E-state index contributed by atoms with van der Waals surface area (Å²) in [7, 11) is 2.07. The second kappa shape index (κ2) is 12.7. The van der Waals surface area contributed by atoms with Gasteiger partial charge in [-0.2, -0.15) is 0 Å². The molecule has 30 heavy (non-hydrogen) atoms. The Kier molecular flexibility index (Phi) is 11.1. The highest BCUT2D eigenvalue weighted by Gasteiger charge is 2.21. The highest BCUT2D eigenvalue weighted by molar-refractivity contribution is 5.94. The first-order valence-corrected chi connectivity index (χ1v) is 11.2. The number of likely N-dealkylation sites (N-methyl/N-ethyl adjacent to an activating group) is 2. The van der Waals surface area contributed by atoms with Crippen molar-refractivity contribution in [3.63, 3.8) is 0 Å². The first-order chi connectivity index (χ1) is 14.1. The number of benzene rings is 1. The van der Waals surface area contributed by atoms with Gasteiger partial charge < -0.3 is 20.0 Å². The largest absolute Gasteiger partial charge is 0.352 e. The highest BCUT2D eigenvalue weighted by atomic mass is 16.2. The molecular weight excluding hydrogens is 376 g/mol. The molecule has 0 aromatic heterocycles. The van der Waals surface area contributed by atoms with Crippen LogP contribution in [0.1, 0.15) is 57.5 Å². The van der Waals surface area contributed by atoms with Crippen LogP contribution in [0.15, 0.2) is 24.3 Å². The number of hydrogen-bond donors (Lipinski definition) is 1. The van der Waals surface area contributed by atoms with Gasteiger partial charge in [-0.05, 0) is 44.4 Å². The molecule has 170 valence electrons. The third-order valence-electron chi connectivity index (χ3n) is 5.47. The van der Waals surface area contributed by atoms with Gasteiger partial charge in [0, 0.05) is 43.7 Å². The molecule has 6 heteroatoms. The molecule has 2 amide bonds. The monoisotopic (exact) mass is 418 g/mol. The van der Waals surface area contributed by atoms with Crippen molar-refractivity contribution >= 4 is 11.8 Å². The summed E-state index contributed by atoms with van der Waals surface area (Å²) in [6.45, 7) is 18.6. The Hall–Kier alpha value is -1.92. The minimum atomic E-state index is -0.431. The smallest absolute Gasteiger partial charge is 0.253 e. The van der Waals surface area contributed by atoms with E-state index in [4.69, 9.17) is 0 Å². The first kappa shape index (κ1) is 26.1. The number of amides is 2. The van der Waals surface area contributed by atoms with Crippen LogP contribution in [0.3, 0.4) is 0 Å². The summed E-state index contributed by atoms with van der Waals surface area (Å²) in [5, 5.41) is 2.96. The summed E-state index contributed by atoms with van der Waals surface area (Å²) in [4.78, 5) is 31.9. The average molecular weight is 419 g/mol. The number of hydrogen-bond acceptors (Lipinski definition) is 4. The molecule has 0 saturated heterocycles. The van der Waals surface area contributed by atoms with Crippen molar-refractivity contribution in [3.8, 4) is 0 Å². The van der Waals surface area contributed by atoms with E-state index in [1.165, 1.54) is 0 Å². The Morgan fingerprint density at radius 2 is 1.57 bits per heavy atom. The van der Waals surface area contributed by atoms with Crippen molar-refractivity contribution in [2.45, 2.75) is 48.1 Å². The predicted molar refractivity (Wildman–Crippen MR) is 125 cm³/mol. The molecule has 0 aliphatic rings. The molecule has 0 aliphatic carbocycles. The van der Waals surface area contributed by atoms with Crippen LogP contribution in [0, 0.1) is 5.41 Å². The molecule has 0 heterocycles. The minimum absolute atomic E-state index is 0.00248. The second-order valence-electron chi connectivity index (χ2n) is 8.85. The van der Waals surface area contributed by atoms with Gasteiger partial charge in [0.25, 0.3) is 5.91 Å². The molecule has 1 rings (SSSR count). The molecule has 0 aliphatic heterocycles. The maximum absolute atomic E-state index is 13.3. The minimum Gasteiger partial charge on any atom is -0.352 e. The third-order valence-corrected chi connectivity index (χ3v) is 5.47. The molecule has 6 nitrogen and oxygen atoms in total. The molecule has 0 saturated carbocycles. The van der Waals surface area contributed by atoms with E-state index in [0.717, 1.165) is 38.3 Å². The molecule has 0 atom stereocenters. The van der Waals surface area contributed by atoms with E-state index in [9.17, 15) is 9.59 Å². The van der Waals surface area contributed by atoms with E-state index in [1.807, 2.05) is 49.9 Å². The Balaban J connectivity index is 2.89. The Morgan fingerprint density at radius 3 is 2.13 bits per heavy atom. The lowest BCUT2D eigenvalue weighted by Gasteiger charge is -2.28. The van der Waals surface area contributed by atoms with Gasteiger partial charge in [-0.3, -0.25) is 9.59 Å². The molecule has 0 spiro atoms. The van der Waals surface area contributed by atoms with E-state index >= 15 is 0 Å². The summed E-state index contributed by atoms with van der Waals surface area (Å²) >= 11 is 0. The van der Waals surface area contributed by atoms with Gasteiger partial charge >= 0.3 is 0 Å². The summed E-state index contributed by atoms with van der Waals surface area (Å²) in [6.07, 6.45) is 0. The lowest BCUT2D eigenvalue weighted by Crippen LogP contribution is -2.42. The number of rotatable bonds is 12. The molecule has 0 unspecified atom stereocenters. The summed E-state index contributed by atoms with van der Waals surface area (Å²) in [6, 6.07) is 7.61. The Morgan fingerprint density at radius 1 is 0.933 bits per heavy atom. The van der Waals surface area contributed by atoms with E-state index < -0.39 is 5.41 Å². The molecule has 0 fully saturated rings. The van der Waals surface area contributed by atoms with Gasteiger partial charge in [-0.25, -0.2) is 0 Å². The van der Waals surface area contributed by atoms with Gasteiger partial charge in [0.05, 0.1) is 0 Å². The third kappa shape index (κ3) is 8.84. The van der Waals surface area contributed by atoms with Gasteiger partial charge in [0.1, 0.15) is 0 Å². The van der Waals surface area contributed by atoms with Gasteiger partial charge in [0.2, 0.25) is 5.91 Å². The number of nitrogens with one attached hydrogen (secondary N) is 1. The van der Waals surface area contributed by atoms with E-state index in [2.05, 4.69) is 42.9 Å². The fourth-order valence-electron chi connectivity index (χ4n) is 3.01.